The van der Waals surface area contributed by atoms with Crippen LogP contribution in [-0.2, 0) is 15.0 Å². The lowest BCUT2D eigenvalue weighted by atomic mass is 9.73. The highest BCUT2D eigenvalue weighted by Gasteiger charge is 2.42. The number of piperazine rings is 1. The quantitative estimate of drug-likeness (QED) is 0.339. The average Bonchev–Trinajstić information content (AvgIpc) is 3.14. The predicted octanol–water partition coefficient (Wildman–Crippen LogP) is 6.96. The van der Waals surface area contributed by atoms with E-state index in [9.17, 15) is 9.59 Å². The molecule has 0 spiro atoms. The van der Waals surface area contributed by atoms with E-state index in [0.29, 0.717) is 19.5 Å². The molecule has 1 aliphatic carbocycles. The van der Waals surface area contributed by atoms with Gasteiger partial charge in [-0.15, -0.1) is 0 Å². The number of nitrogens with zero attached hydrogens (tertiary/aromatic N) is 3. The first kappa shape index (κ1) is 30.8. The summed E-state index contributed by atoms with van der Waals surface area (Å²) in [6, 6.07) is 24.5. The molecule has 3 aromatic rings. The Labute approximate surface area is 267 Å². The van der Waals surface area contributed by atoms with Crippen LogP contribution in [0, 0.1) is 5.41 Å². The van der Waals surface area contributed by atoms with Crippen molar-refractivity contribution >= 4 is 28.8 Å². The standard InChI is InChI=1S/C38H46N4O3/c1-37(2,3)27-13-11-26(12-14-27)36-35-31(23-38(4,5)24-33(35)43)39-30-9-7-8-10-32(30)42(36)25-34(44)41-21-19-40(20-22-41)28-15-17-29(45-6)18-16-28/h7-18,36,39H,19-25H2,1-6H3. The number of amides is 1. The molecular formula is C38H46N4O3. The number of nitrogens with one attached hydrogen (secondary N) is 1. The van der Waals surface area contributed by atoms with Gasteiger partial charge in [0.2, 0.25) is 5.91 Å². The van der Waals surface area contributed by atoms with Crippen LogP contribution in [0.25, 0.3) is 0 Å². The van der Waals surface area contributed by atoms with Crippen LogP contribution in [0.2, 0.25) is 0 Å². The number of benzene rings is 3. The van der Waals surface area contributed by atoms with Crippen LogP contribution < -0.4 is 19.9 Å². The molecule has 1 fully saturated rings. The Balaban J connectivity index is 1.34. The highest BCUT2D eigenvalue weighted by Crippen LogP contribution is 2.48. The molecule has 0 saturated carbocycles. The fraction of sp³-hybridized carbons (Fsp3) is 0.421. The van der Waals surface area contributed by atoms with Crippen LogP contribution in [0.15, 0.2) is 84.1 Å². The molecule has 3 aromatic carbocycles. The summed E-state index contributed by atoms with van der Waals surface area (Å²) in [5.41, 5.74) is 6.88. The fourth-order valence-electron chi connectivity index (χ4n) is 6.99. The lowest BCUT2D eigenvalue weighted by molar-refractivity contribution is -0.130. The minimum absolute atomic E-state index is 0.00880. The van der Waals surface area contributed by atoms with E-state index in [0.717, 1.165) is 59.2 Å². The third kappa shape index (κ3) is 6.31. The predicted molar refractivity (Wildman–Crippen MR) is 182 cm³/mol. The minimum atomic E-state index is -0.377. The summed E-state index contributed by atoms with van der Waals surface area (Å²) in [7, 11) is 1.67. The number of ketones is 1. The first-order valence-electron chi connectivity index (χ1n) is 16.1. The number of hydrogen-bond donors (Lipinski definition) is 1. The first-order valence-corrected chi connectivity index (χ1v) is 16.1. The van der Waals surface area contributed by atoms with E-state index in [4.69, 9.17) is 4.74 Å². The molecule has 1 atom stereocenters. The normalized spacial score (nSPS) is 19.8. The number of ether oxygens (including phenoxy) is 1. The van der Waals surface area contributed by atoms with Crippen LogP contribution >= 0.6 is 0 Å². The van der Waals surface area contributed by atoms with E-state index in [-0.39, 0.29) is 35.1 Å². The molecule has 0 bridgehead atoms. The van der Waals surface area contributed by atoms with Gasteiger partial charge in [0.15, 0.2) is 5.78 Å². The van der Waals surface area contributed by atoms with E-state index in [2.05, 4.69) is 98.3 Å². The molecule has 1 N–H and O–H groups in total. The Morgan fingerprint density at radius 2 is 1.58 bits per heavy atom. The molecule has 2 heterocycles. The van der Waals surface area contributed by atoms with Crippen molar-refractivity contribution in [1.29, 1.82) is 0 Å². The Morgan fingerprint density at radius 1 is 0.911 bits per heavy atom. The number of carbonyl (C=O) groups is 2. The maximum Gasteiger partial charge on any atom is 0.242 e. The molecule has 2 aliphatic heterocycles. The molecule has 6 rings (SSSR count). The highest BCUT2D eigenvalue weighted by atomic mass is 16.5. The summed E-state index contributed by atoms with van der Waals surface area (Å²) in [6.07, 6.45) is 1.25. The minimum Gasteiger partial charge on any atom is -0.497 e. The van der Waals surface area contributed by atoms with Crippen LogP contribution in [0.4, 0.5) is 17.1 Å². The molecule has 3 aliphatic rings. The topological polar surface area (TPSA) is 65.1 Å². The summed E-state index contributed by atoms with van der Waals surface area (Å²) < 4.78 is 5.32. The molecule has 1 saturated heterocycles. The molecule has 236 valence electrons. The lowest BCUT2D eigenvalue weighted by Gasteiger charge is -2.40. The number of anilines is 3. The van der Waals surface area contributed by atoms with Crippen molar-refractivity contribution in [1.82, 2.24) is 4.90 Å². The number of carbonyl (C=O) groups excluding carboxylic acids is 2. The van der Waals surface area contributed by atoms with Crippen LogP contribution in [-0.4, -0.2) is 56.4 Å². The third-order valence-corrected chi connectivity index (χ3v) is 9.47. The van der Waals surface area contributed by atoms with Gasteiger partial charge in [-0.05, 0) is 64.8 Å². The Kier molecular flexibility index (Phi) is 8.14. The fourth-order valence-corrected chi connectivity index (χ4v) is 6.99. The smallest absolute Gasteiger partial charge is 0.242 e. The average molecular weight is 607 g/mol. The van der Waals surface area contributed by atoms with Gasteiger partial charge in [0, 0.05) is 49.6 Å². The first-order chi connectivity index (χ1) is 21.4. The number of hydrogen-bond acceptors (Lipinski definition) is 6. The summed E-state index contributed by atoms with van der Waals surface area (Å²) in [5, 5.41) is 3.67. The number of rotatable bonds is 5. The van der Waals surface area contributed by atoms with Gasteiger partial charge in [-0.1, -0.05) is 71.0 Å². The Hall–Kier alpha value is -4.26. The summed E-state index contributed by atoms with van der Waals surface area (Å²) in [4.78, 5) is 34.7. The van der Waals surface area contributed by atoms with Crippen molar-refractivity contribution in [3.63, 3.8) is 0 Å². The zero-order valence-corrected chi connectivity index (χ0v) is 27.5. The van der Waals surface area contributed by atoms with Gasteiger partial charge in [0.05, 0.1) is 31.1 Å². The zero-order chi connectivity index (χ0) is 31.9. The molecule has 0 aromatic heterocycles. The van der Waals surface area contributed by atoms with Gasteiger partial charge in [0.25, 0.3) is 0 Å². The van der Waals surface area contributed by atoms with Crippen molar-refractivity contribution in [2.24, 2.45) is 5.41 Å². The van der Waals surface area contributed by atoms with Crippen molar-refractivity contribution in [2.45, 2.75) is 58.9 Å². The van der Waals surface area contributed by atoms with Crippen molar-refractivity contribution in [3.05, 3.63) is 95.2 Å². The molecule has 7 nitrogen and oxygen atoms in total. The second kappa shape index (κ2) is 11.9. The summed E-state index contributed by atoms with van der Waals surface area (Å²) in [5.74, 6) is 1.06. The van der Waals surface area contributed by atoms with Gasteiger partial charge < -0.3 is 24.8 Å². The van der Waals surface area contributed by atoms with E-state index in [1.54, 1.807) is 7.11 Å². The highest BCUT2D eigenvalue weighted by molar-refractivity contribution is 6.02. The Bertz CT molecular complexity index is 1590. The Morgan fingerprint density at radius 3 is 2.22 bits per heavy atom. The molecule has 1 amide bonds. The SMILES string of the molecule is COc1ccc(N2CCN(C(=O)CN3c4ccccc4NC4=C(C(=O)CC(C)(C)C4)C3c3ccc(C(C)(C)C)cc3)CC2)cc1. The molecule has 45 heavy (non-hydrogen) atoms. The zero-order valence-electron chi connectivity index (χ0n) is 27.5. The maximum absolute atomic E-state index is 14.1. The van der Waals surface area contributed by atoms with Gasteiger partial charge in [0.1, 0.15) is 5.75 Å². The van der Waals surface area contributed by atoms with Crippen LogP contribution in [0.1, 0.15) is 64.6 Å². The third-order valence-electron chi connectivity index (χ3n) is 9.47. The molecule has 0 radical (unpaired) electrons. The van der Waals surface area contributed by atoms with Gasteiger partial charge in [-0.25, -0.2) is 0 Å². The van der Waals surface area contributed by atoms with E-state index in [1.165, 1.54) is 5.56 Å². The van der Waals surface area contributed by atoms with Crippen LogP contribution in [0.3, 0.4) is 0 Å². The van der Waals surface area contributed by atoms with E-state index >= 15 is 0 Å². The van der Waals surface area contributed by atoms with Gasteiger partial charge in [-0.2, -0.15) is 0 Å². The van der Waals surface area contributed by atoms with Crippen molar-refractivity contribution in [2.75, 3.05) is 55.0 Å². The number of para-hydroxylation sites is 2. The van der Waals surface area contributed by atoms with E-state index < -0.39 is 0 Å². The number of allylic oxidation sites excluding steroid dienone is 1. The van der Waals surface area contributed by atoms with Crippen molar-refractivity contribution in [3.8, 4) is 5.75 Å². The molecule has 1 unspecified atom stereocenters. The van der Waals surface area contributed by atoms with Gasteiger partial charge >= 0.3 is 0 Å². The summed E-state index contributed by atoms with van der Waals surface area (Å²) in [6.45, 7) is 13.9. The maximum atomic E-state index is 14.1. The number of Topliss-reactive ketones (excluding diaryl/α,β-unsaturated/α-hetero) is 1. The van der Waals surface area contributed by atoms with Crippen molar-refractivity contribution < 1.29 is 14.3 Å². The lowest BCUT2D eigenvalue weighted by Crippen LogP contribution is -2.52. The molecule has 7 heteroatoms. The van der Waals surface area contributed by atoms with Gasteiger partial charge in [-0.3, -0.25) is 9.59 Å². The largest absolute Gasteiger partial charge is 0.497 e. The number of methoxy groups -OCH3 is 1. The number of fused-ring (bicyclic) bond motifs is 1. The molecular weight excluding hydrogens is 560 g/mol. The second-order valence-electron chi connectivity index (χ2n) is 14.4. The van der Waals surface area contributed by atoms with Crippen LogP contribution in [0.5, 0.6) is 5.75 Å². The summed E-state index contributed by atoms with van der Waals surface area (Å²) >= 11 is 0. The monoisotopic (exact) mass is 606 g/mol. The van der Waals surface area contributed by atoms with E-state index in [1.807, 2.05) is 29.2 Å². The second-order valence-corrected chi connectivity index (χ2v) is 14.4.